The highest BCUT2D eigenvalue weighted by molar-refractivity contribution is 5.91. The molecule has 1 fully saturated rings. The molecule has 0 aromatic rings. The monoisotopic (exact) mass is 348 g/mol. The topological polar surface area (TPSA) is 78.9 Å². The average Bonchev–Trinajstić information content (AvgIpc) is 2.77. The fourth-order valence-electron chi connectivity index (χ4n) is 3.16. The summed E-state index contributed by atoms with van der Waals surface area (Å²) < 4.78 is 16.0. The van der Waals surface area contributed by atoms with Crippen molar-refractivity contribution in [2.75, 3.05) is 6.61 Å². The smallest absolute Gasteiger partial charge is 0.334 e. The summed E-state index contributed by atoms with van der Waals surface area (Å²) >= 11 is 0. The number of carbonyl (C=O) groups is 3. The van der Waals surface area contributed by atoms with E-state index in [0.29, 0.717) is 12.0 Å². The first-order chi connectivity index (χ1) is 11.8. The van der Waals surface area contributed by atoms with E-state index >= 15 is 0 Å². The van der Waals surface area contributed by atoms with Crippen molar-refractivity contribution in [2.45, 2.75) is 52.2 Å². The van der Waals surface area contributed by atoms with Crippen molar-refractivity contribution in [3.63, 3.8) is 0 Å². The van der Waals surface area contributed by atoms with Gasteiger partial charge in [0.15, 0.2) is 0 Å². The molecule has 136 valence electrons. The van der Waals surface area contributed by atoms with Gasteiger partial charge in [-0.2, -0.15) is 0 Å². The molecule has 1 saturated heterocycles. The molecule has 6 nitrogen and oxygen atoms in total. The molecule has 0 amide bonds. The Kier molecular flexibility index (Phi) is 6.17. The van der Waals surface area contributed by atoms with Gasteiger partial charge in [0.1, 0.15) is 18.8 Å². The SMILES string of the molecule is C=C1C(=O)O[C@@H]2/C=C(/C)CC/C=C(/COC(C)=O)C[C@H](OC(C)=O)[C@@H]12. The molecule has 2 rings (SSSR count). The fraction of sp³-hybridized carbons (Fsp3) is 0.526. The molecule has 0 saturated carbocycles. The standard InChI is InChI=1S/C19H24O6/c1-11-6-5-7-15(10-23-13(3)20)9-17(24-14(4)21)18-12(2)19(22)25-16(18)8-11/h7-8,16-18H,2,5-6,9-10H2,1,3-4H3/b11-8-,15-7+/t16-,17+,18+/m1/s1. The molecule has 6 heteroatoms. The molecule has 0 N–H and O–H groups in total. The van der Waals surface area contributed by atoms with Crippen molar-refractivity contribution in [3.8, 4) is 0 Å². The summed E-state index contributed by atoms with van der Waals surface area (Å²) in [5.74, 6) is -1.74. The zero-order valence-corrected chi connectivity index (χ0v) is 14.9. The van der Waals surface area contributed by atoms with E-state index in [2.05, 4.69) is 6.58 Å². The van der Waals surface area contributed by atoms with Gasteiger partial charge in [0.25, 0.3) is 0 Å². The number of ether oxygens (including phenoxy) is 3. The van der Waals surface area contributed by atoms with Crippen LogP contribution in [0.15, 0.2) is 35.5 Å². The number of rotatable bonds is 3. The van der Waals surface area contributed by atoms with Gasteiger partial charge >= 0.3 is 17.9 Å². The maximum atomic E-state index is 12.0. The normalized spacial score (nSPS) is 30.9. The summed E-state index contributed by atoms with van der Waals surface area (Å²) in [6, 6.07) is 0. The van der Waals surface area contributed by atoms with Crippen LogP contribution < -0.4 is 0 Å². The quantitative estimate of drug-likeness (QED) is 0.338. The van der Waals surface area contributed by atoms with Crippen molar-refractivity contribution in [3.05, 3.63) is 35.5 Å². The van der Waals surface area contributed by atoms with Crippen LogP contribution in [-0.2, 0) is 28.6 Å². The Hall–Kier alpha value is -2.37. The first-order valence-corrected chi connectivity index (χ1v) is 8.33. The zero-order valence-electron chi connectivity index (χ0n) is 14.9. The van der Waals surface area contributed by atoms with Crippen LogP contribution in [0.1, 0.15) is 40.0 Å². The van der Waals surface area contributed by atoms with Gasteiger partial charge in [-0.15, -0.1) is 0 Å². The third-order valence-electron chi connectivity index (χ3n) is 4.32. The highest BCUT2D eigenvalue weighted by Gasteiger charge is 2.44. The van der Waals surface area contributed by atoms with E-state index < -0.39 is 30.1 Å². The molecule has 0 aromatic heterocycles. The summed E-state index contributed by atoms with van der Waals surface area (Å²) in [4.78, 5) is 34.7. The highest BCUT2D eigenvalue weighted by atomic mass is 16.6. The average molecular weight is 348 g/mol. The van der Waals surface area contributed by atoms with E-state index in [-0.39, 0.29) is 12.6 Å². The van der Waals surface area contributed by atoms with Gasteiger partial charge in [0.05, 0.1) is 5.92 Å². The predicted molar refractivity (Wildman–Crippen MR) is 90.4 cm³/mol. The third kappa shape index (κ3) is 5.05. The Morgan fingerprint density at radius 1 is 1.32 bits per heavy atom. The van der Waals surface area contributed by atoms with Crippen LogP contribution in [0.5, 0.6) is 0 Å². The lowest BCUT2D eigenvalue weighted by atomic mass is 9.85. The number of carbonyl (C=O) groups excluding carboxylic acids is 3. The minimum atomic E-state index is -0.606. The van der Waals surface area contributed by atoms with Crippen LogP contribution in [0.3, 0.4) is 0 Å². The molecule has 1 aliphatic carbocycles. The molecule has 1 aliphatic heterocycles. The maximum absolute atomic E-state index is 12.0. The molecule has 0 aromatic carbocycles. The first kappa shape index (κ1) is 19.0. The molecule has 0 unspecified atom stereocenters. The van der Waals surface area contributed by atoms with Crippen LogP contribution in [0.2, 0.25) is 0 Å². The summed E-state index contributed by atoms with van der Waals surface area (Å²) in [5.41, 5.74) is 2.22. The number of allylic oxidation sites excluding steroid dienone is 2. The lowest BCUT2D eigenvalue weighted by Gasteiger charge is -2.27. The molecule has 0 bridgehead atoms. The second-order valence-electron chi connectivity index (χ2n) is 6.47. The largest absolute Gasteiger partial charge is 0.461 e. The summed E-state index contributed by atoms with van der Waals surface area (Å²) in [6.45, 7) is 8.60. The maximum Gasteiger partial charge on any atom is 0.334 e. The molecular weight excluding hydrogens is 324 g/mol. The Bertz CT molecular complexity index is 642. The van der Waals surface area contributed by atoms with E-state index in [1.54, 1.807) is 0 Å². The molecule has 2 aliphatic rings. The molecule has 1 heterocycles. The molecule has 3 atom stereocenters. The van der Waals surface area contributed by atoms with Crippen molar-refractivity contribution in [1.82, 2.24) is 0 Å². The van der Waals surface area contributed by atoms with Crippen molar-refractivity contribution >= 4 is 17.9 Å². The second kappa shape index (κ2) is 8.14. The molecular formula is C19H24O6. The van der Waals surface area contributed by atoms with Crippen molar-refractivity contribution in [1.29, 1.82) is 0 Å². The van der Waals surface area contributed by atoms with Crippen molar-refractivity contribution < 1.29 is 28.6 Å². The Balaban J connectivity index is 2.35. The zero-order chi connectivity index (χ0) is 18.6. The van der Waals surface area contributed by atoms with Gasteiger partial charge in [-0.25, -0.2) is 4.79 Å². The van der Waals surface area contributed by atoms with Gasteiger partial charge in [0, 0.05) is 25.8 Å². The number of hydrogen-bond donors (Lipinski definition) is 0. The number of esters is 3. The molecule has 25 heavy (non-hydrogen) atoms. The lowest BCUT2D eigenvalue weighted by molar-refractivity contribution is -0.149. The highest BCUT2D eigenvalue weighted by Crippen LogP contribution is 2.36. The van der Waals surface area contributed by atoms with Gasteiger partial charge in [-0.1, -0.05) is 18.2 Å². The van der Waals surface area contributed by atoms with Gasteiger partial charge in [0.2, 0.25) is 0 Å². The predicted octanol–water partition coefficient (Wildman–Crippen LogP) is 2.64. The van der Waals surface area contributed by atoms with Gasteiger partial charge in [-0.05, 0) is 31.4 Å². The lowest BCUT2D eigenvalue weighted by Crippen LogP contribution is -2.33. The van der Waals surface area contributed by atoms with Gasteiger partial charge in [-0.3, -0.25) is 9.59 Å². The number of fused-ring (bicyclic) bond motifs is 1. The van der Waals surface area contributed by atoms with Crippen LogP contribution in [0.25, 0.3) is 0 Å². The summed E-state index contributed by atoms with van der Waals surface area (Å²) in [6.07, 6.45) is 4.71. The fourth-order valence-corrected chi connectivity index (χ4v) is 3.16. The van der Waals surface area contributed by atoms with Crippen LogP contribution >= 0.6 is 0 Å². The summed E-state index contributed by atoms with van der Waals surface area (Å²) in [5, 5.41) is 0. The Morgan fingerprint density at radius 3 is 2.68 bits per heavy atom. The molecule has 0 radical (unpaired) electrons. The third-order valence-corrected chi connectivity index (χ3v) is 4.32. The number of hydrogen-bond acceptors (Lipinski definition) is 6. The van der Waals surface area contributed by atoms with E-state index in [4.69, 9.17) is 14.2 Å². The second-order valence-corrected chi connectivity index (χ2v) is 6.47. The van der Waals surface area contributed by atoms with E-state index in [1.807, 2.05) is 19.1 Å². The van der Waals surface area contributed by atoms with Crippen LogP contribution in [0.4, 0.5) is 0 Å². The van der Waals surface area contributed by atoms with E-state index in [1.165, 1.54) is 13.8 Å². The van der Waals surface area contributed by atoms with Gasteiger partial charge < -0.3 is 14.2 Å². The Morgan fingerprint density at radius 2 is 2.04 bits per heavy atom. The van der Waals surface area contributed by atoms with Crippen molar-refractivity contribution in [2.24, 2.45) is 5.92 Å². The molecule has 0 spiro atoms. The van der Waals surface area contributed by atoms with E-state index in [0.717, 1.165) is 24.0 Å². The first-order valence-electron chi connectivity index (χ1n) is 8.33. The van der Waals surface area contributed by atoms with Crippen LogP contribution in [-0.4, -0.2) is 36.7 Å². The van der Waals surface area contributed by atoms with E-state index in [9.17, 15) is 14.4 Å². The van der Waals surface area contributed by atoms with Crippen LogP contribution in [0, 0.1) is 5.92 Å². The minimum Gasteiger partial charge on any atom is -0.461 e. The Labute approximate surface area is 147 Å². The minimum absolute atomic E-state index is 0.133. The summed E-state index contributed by atoms with van der Waals surface area (Å²) in [7, 11) is 0.